The molecule has 2 aliphatic rings. The van der Waals surface area contributed by atoms with Crippen molar-refractivity contribution in [1.82, 2.24) is 10.2 Å². The van der Waals surface area contributed by atoms with Gasteiger partial charge in [0.2, 0.25) is 5.91 Å². The number of nitriles is 1. The summed E-state index contributed by atoms with van der Waals surface area (Å²) in [4.78, 5) is 39.0. The van der Waals surface area contributed by atoms with Crippen molar-refractivity contribution < 1.29 is 19.1 Å². The molecule has 2 N–H and O–H groups in total. The number of imide groups is 1. The molecule has 1 fully saturated rings. The number of nitrogens with one attached hydrogen (secondary N) is 2. The third kappa shape index (κ3) is 3.15. The van der Waals surface area contributed by atoms with Crippen molar-refractivity contribution in [2.45, 2.75) is 12.0 Å². The number of carbonyl (C=O) groups is 3. The first-order valence-electron chi connectivity index (χ1n) is 8.80. The highest BCUT2D eigenvalue weighted by Gasteiger charge is 2.55. The molecule has 2 aromatic carbocycles. The summed E-state index contributed by atoms with van der Waals surface area (Å²) in [5.74, 6) is -0.524. The number of hydrogen-bond donors (Lipinski definition) is 2. The summed E-state index contributed by atoms with van der Waals surface area (Å²) < 4.78 is 5.58. The molecule has 0 radical (unpaired) electrons. The van der Waals surface area contributed by atoms with E-state index in [1.807, 2.05) is 6.07 Å². The number of anilines is 1. The fourth-order valence-corrected chi connectivity index (χ4v) is 3.77. The van der Waals surface area contributed by atoms with Crippen molar-refractivity contribution in [2.75, 3.05) is 18.5 Å². The van der Waals surface area contributed by atoms with Gasteiger partial charge in [0.1, 0.15) is 18.4 Å². The molecule has 0 bridgehead atoms. The number of nitrogens with zero attached hydrogens (tertiary/aromatic N) is 2. The first-order valence-corrected chi connectivity index (χ1v) is 9.18. The van der Waals surface area contributed by atoms with E-state index in [0.717, 1.165) is 4.90 Å². The van der Waals surface area contributed by atoms with Crippen LogP contribution in [-0.2, 0) is 15.1 Å². The smallest absolute Gasteiger partial charge is 0.325 e. The van der Waals surface area contributed by atoms with E-state index in [1.54, 1.807) is 24.3 Å². The molecular formula is C20H15ClN4O4. The lowest BCUT2D eigenvalue weighted by molar-refractivity contribution is -0.135. The Labute approximate surface area is 171 Å². The predicted octanol–water partition coefficient (Wildman–Crippen LogP) is 2.38. The molecule has 1 unspecified atom stereocenters. The van der Waals surface area contributed by atoms with Gasteiger partial charge >= 0.3 is 6.03 Å². The lowest BCUT2D eigenvalue weighted by atomic mass is 9.84. The van der Waals surface area contributed by atoms with E-state index < -0.39 is 29.9 Å². The maximum atomic E-state index is 13.1. The van der Waals surface area contributed by atoms with Crippen molar-refractivity contribution in [3.8, 4) is 11.8 Å². The van der Waals surface area contributed by atoms with Crippen molar-refractivity contribution in [1.29, 1.82) is 5.26 Å². The number of ether oxygens (including phenoxy) is 1. The lowest BCUT2D eigenvalue weighted by Crippen LogP contribution is -2.48. The molecule has 4 amide bonds. The van der Waals surface area contributed by atoms with Crippen LogP contribution in [0.15, 0.2) is 42.5 Å². The molecule has 146 valence electrons. The molecule has 2 heterocycles. The first kappa shape index (κ1) is 18.8. The second-order valence-electron chi connectivity index (χ2n) is 6.68. The topological polar surface area (TPSA) is 112 Å². The summed E-state index contributed by atoms with van der Waals surface area (Å²) in [7, 11) is 0. The molecule has 1 atom stereocenters. The number of para-hydroxylation sites is 1. The summed E-state index contributed by atoms with van der Waals surface area (Å²) >= 11 is 5.96. The zero-order chi connectivity index (χ0) is 20.6. The second kappa shape index (κ2) is 7.11. The summed E-state index contributed by atoms with van der Waals surface area (Å²) in [6.07, 6.45) is 0.276. The number of amides is 4. The van der Waals surface area contributed by atoms with Crippen LogP contribution in [0.2, 0.25) is 5.02 Å². The summed E-state index contributed by atoms with van der Waals surface area (Å²) in [6.45, 7) is -0.181. The maximum absolute atomic E-state index is 13.1. The van der Waals surface area contributed by atoms with E-state index in [1.165, 1.54) is 18.2 Å². The fraction of sp³-hybridized carbons (Fsp3) is 0.200. The normalized spacial score (nSPS) is 19.9. The van der Waals surface area contributed by atoms with Crippen molar-refractivity contribution >= 4 is 35.1 Å². The fourth-order valence-electron chi connectivity index (χ4n) is 3.54. The highest BCUT2D eigenvalue weighted by Crippen LogP contribution is 2.40. The van der Waals surface area contributed by atoms with Gasteiger partial charge in [0.25, 0.3) is 5.91 Å². The number of rotatable bonds is 3. The van der Waals surface area contributed by atoms with Crippen LogP contribution in [0.1, 0.15) is 17.5 Å². The molecular weight excluding hydrogens is 396 g/mol. The van der Waals surface area contributed by atoms with Crippen LogP contribution in [0.4, 0.5) is 10.5 Å². The summed E-state index contributed by atoms with van der Waals surface area (Å²) in [6, 6.07) is 12.7. The number of fused-ring (bicyclic) bond motifs is 2. The van der Waals surface area contributed by atoms with E-state index in [0.29, 0.717) is 17.0 Å². The number of urea groups is 1. The largest absolute Gasteiger partial charge is 0.493 e. The molecule has 0 aliphatic carbocycles. The minimum absolute atomic E-state index is 0.193. The number of hydrogen-bond acceptors (Lipinski definition) is 5. The van der Waals surface area contributed by atoms with Crippen LogP contribution in [-0.4, -0.2) is 35.9 Å². The van der Waals surface area contributed by atoms with Crippen LogP contribution in [0, 0.1) is 11.3 Å². The second-order valence-corrected chi connectivity index (χ2v) is 7.08. The van der Waals surface area contributed by atoms with Gasteiger partial charge in [-0.2, -0.15) is 5.26 Å². The molecule has 2 aliphatic heterocycles. The molecule has 0 aromatic heterocycles. The molecule has 1 saturated heterocycles. The quantitative estimate of drug-likeness (QED) is 0.754. The molecule has 0 saturated carbocycles. The Kier molecular flexibility index (Phi) is 4.60. The number of halogens is 1. The zero-order valence-electron chi connectivity index (χ0n) is 15.1. The SMILES string of the molecule is N#Cc1ccc(NC(=O)CN2C(=O)NC3(CCOc4ccccc43)C2=O)cc1Cl. The summed E-state index contributed by atoms with van der Waals surface area (Å²) in [5.41, 5.74) is -0.0216. The molecule has 4 rings (SSSR count). The minimum Gasteiger partial charge on any atom is -0.493 e. The van der Waals surface area contributed by atoms with E-state index in [4.69, 9.17) is 21.6 Å². The van der Waals surface area contributed by atoms with E-state index in [-0.39, 0.29) is 23.6 Å². The molecule has 29 heavy (non-hydrogen) atoms. The monoisotopic (exact) mass is 410 g/mol. The van der Waals surface area contributed by atoms with Gasteiger partial charge < -0.3 is 15.4 Å². The standard InChI is InChI=1S/C20H15ClN4O4/c21-15-9-13(6-5-12(15)10-22)23-17(26)11-25-18(27)20(24-19(25)28)7-8-29-16-4-2-1-3-14(16)20/h1-6,9H,7-8,11H2,(H,23,26)(H,24,28). The highest BCUT2D eigenvalue weighted by atomic mass is 35.5. The summed E-state index contributed by atoms with van der Waals surface area (Å²) in [5, 5.41) is 14.4. The van der Waals surface area contributed by atoms with Gasteiger partial charge in [-0.15, -0.1) is 0 Å². The highest BCUT2D eigenvalue weighted by molar-refractivity contribution is 6.32. The third-order valence-electron chi connectivity index (χ3n) is 4.93. The van der Waals surface area contributed by atoms with E-state index in [9.17, 15) is 14.4 Å². The van der Waals surface area contributed by atoms with E-state index in [2.05, 4.69) is 10.6 Å². The Morgan fingerprint density at radius 3 is 2.86 bits per heavy atom. The van der Waals surface area contributed by atoms with Gasteiger partial charge in [-0.05, 0) is 24.3 Å². The van der Waals surface area contributed by atoms with Gasteiger partial charge in [-0.25, -0.2) is 4.79 Å². The van der Waals surface area contributed by atoms with Gasteiger partial charge in [0.15, 0.2) is 5.54 Å². The van der Waals surface area contributed by atoms with Crippen molar-refractivity contribution in [3.05, 3.63) is 58.6 Å². The van der Waals surface area contributed by atoms with Crippen LogP contribution in [0.5, 0.6) is 5.75 Å². The van der Waals surface area contributed by atoms with Crippen LogP contribution >= 0.6 is 11.6 Å². The van der Waals surface area contributed by atoms with E-state index >= 15 is 0 Å². The van der Waals surface area contributed by atoms with Gasteiger partial charge in [-0.3, -0.25) is 14.5 Å². The van der Waals surface area contributed by atoms with Gasteiger partial charge in [-0.1, -0.05) is 29.8 Å². The predicted molar refractivity (Wildman–Crippen MR) is 103 cm³/mol. The molecule has 9 heteroatoms. The Hall–Kier alpha value is -3.57. The average Bonchev–Trinajstić information content (AvgIpc) is 2.93. The van der Waals surface area contributed by atoms with Crippen molar-refractivity contribution in [3.63, 3.8) is 0 Å². The lowest BCUT2D eigenvalue weighted by Gasteiger charge is -2.33. The average molecular weight is 411 g/mol. The minimum atomic E-state index is -1.23. The Morgan fingerprint density at radius 2 is 2.10 bits per heavy atom. The van der Waals surface area contributed by atoms with Crippen LogP contribution in [0.25, 0.3) is 0 Å². The molecule has 8 nitrogen and oxygen atoms in total. The number of benzene rings is 2. The van der Waals surface area contributed by atoms with Crippen molar-refractivity contribution in [2.24, 2.45) is 0 Å². The Balaban J connectivity index is 1.53. The number of carbonyl (C=O) groups excluding carboxylic acids is 3. The molecule has 2 aromatic rings. The third-order valence-corrected chi connectivity index (χ3v) is 5.24. The maximum Gasteiger partial charge on any atom is 0.325 e. The van der Waals surface area contributed by atoms with Crippen LogP contribution in [0.3, 0.4) is 0 Å². The first-order chi connectivity index (χ1) is 13.9. The zero-order valence-corrected chi connectivity index (χ0v) is 15.8. The Bertz CT molecular complexity index is 1080. The Morgan fingerprint density at radius 1 is 1.31 bits per heavy atom. The van der Waals surface area contributed by atoms with Crippen LogP contribution < -0.4 is 15.4 Å². The van der Waals surface area contributed by atoms with Gasteiger partial charge in [0.05, 0.1) is 17.2 Å². The molecule has 1 spiro atoms. The van der Waals surface area contributed by atoms with Gasteiger partial charge in [0, 0.05) is 17.7 Å².